The molecule has 5 heteroatoms. The first kappa shape index (κ1) is 14.3. The second-order valence-electron chi connectivity index (χ2n) is 4.24. The third kappa shape index (κ3) is 3.45. The van der Waals surface area contributed by atoms with Gasteiger partial charge in [-0.25, -0.2) is 0 Å². The molecular formula is C15H19NO4. The van der Waals surface area contributed by atoms with Gasteiger partial charge in [0, 0.05) is 23.8 Å². The highest BCUT2D eigenvalue weighted by Gasteiger charge is 2.08. The SMILES string of the molecule is CNCc1occc1COc1cc(OC)cc(OC)c1. The molecule has 1 N–H and O–H groups in total. The quantitative estimate of drug-likeness (QED) is 0.843. The van der Waals surface area contributed by atoms with Gasteiger partial charge in [-0.15, -0.1) is 0 Å². The highest BCUT2D eigenvalue weighted by atomic mass is 16.5. The predicted molar refractivity (Wildman–Crippen MR) is 75.3 cm³/mol. The van der Waals surface area contributed by atoms with Crippen molar-refractivity contribution < 1.29 is 18.6 Å². The summed E-state index contributed by atoms with van der Waals surface area (Å²) in [7, 11) is 5.10. The zero-order chi connectivity index (χ0) is 14.4. The van der Waals surface area contributed by atoms with Crippen LogP contribution < -0.4 is 19.5 Å². The molecule has 0 aliphatic carbocycles. The van der Waals surface area contributed by atoms with E-state index in [2.05, 4.69) is 5.32 Å². The van der Waals surface area contributed by atoms with Gasteiger partial charge < -0.3 is 23.9 Å². The molecule has 2 rings (SSSR count). The molecule has 2 aromatic rings. The van der Waals surface area contributed by atoms with Crippen LogP contribution in [0, 0.1) is 0 Å². The van der Waals surface area contributed by atoms with Crippen LogP contribution in [0.25, 0.3) is 0 Å². The van der Waals surface area contributed by atoms with Gasteiger partial charge >= 0.3 is 0 Å². The molecular weight excluding hydrogens is 258 g/mol. The van der Waals surface area contributed by atoms with Gasteiger partial charge in [0.1, 0.15) is 29.6 Å². The summed E-state index contributed by atoms with van der Waals surface area (Å²) in [6, 6.07) is 7.35. The van der Waals surface area contributed by atoms with E-state index in [9.17, 15) is 0 Å². The maximum absolute atomic E-state index is 5.77. The van der Waals surface area contributed by atoms with Crippen molar-refractivity contribution >= 4 is 0 Å². The van der Waals surface area contributed by atoms with Gasteiger partial charge in [-0.05, 0) is 13.1 Å². The summed E-state index contributed by atoms with van der Waals surface area (Å²) in [5.41, 5.74) is 1.01. The highest BCUT2D eigenvalue weighted by Crippen LogP contribution is 2.28. The van der Waals surface area contributed by atoms with Crippen molar-refractivity contribution in [2.75, 3.05) is 21.3 Å². The molecule has 0 saturated heterocycles. The smallest absolute Gasteiger partial charge is 0.127 e. The summed E-state index contributed by atoms with van der Waals surface area (Å²) in [6.07, 6.45) is 1.66. The van der Waals surface area contributed by atoms with Crippen molar-refractivity contribution in [2.45, 2.75) is 13.2 Å². The van der Waals surface area contributed by atoms with E-state index in [0.717, 1.165) is 11.3 Å². The highest BCUT2D eigenvalue weighted by molar-refractivity contribution is 5.42. The van der Waals surface area contributed by atoms with E-state index < -0.39 is 0 Å². The number of hydrogen-bond donors (Lipinski definition) is 1. The Labute approximate surface area is 118 Å². The lowest BCUT2D eigenvalue weighted by molar-refractivity contribution is 0.296. The van der Waals surface area contributed by atoms with Crippen molar-refractivity contribution in [3.8, 4) is 17.2 Å². The second-order valence-corrected chi connectivity index (χ2v) is 4.24. The van der Waals surface area contributed by atoms with Gasteiger partial charge in [-0.1, -0.05) is 0 Å². The van der Waals surface area contributed by atoms with Crippen LogP contribution in [0.1, 0.15) is 11.3 Å². The third-order valence-electron chi connectivity index (χ3n) is 2.89. The van der Waals surface area contributed by atoms with E-state index in [1.165, 1.54) is 0 Å². The Morgan fingerprint density at radius 3 is 2.30 bits per heavy atom. The minimum Gasteiger partial charge on any atom is -0.496 e. The average Bonchev–Trinajstić information content (AvgIpc) is 2.92. The fourth-order valence-corrected chi connectivity index (χ4v) is 1.84. The standard InChI is InChI=1S/C15H19NO4/c1-16-9-15-11(4-5-19-15)10-20-14-7-12(17-2)6-13(8-14)18-3/h4-8,16H,9-10H2,1-3H3. The minimum absolute atomic E-state index is 0.434. The molecule has 0 saturated carbocycles. The molecule has 1 aromatic heterocycles. The second kappa shape index (κ2) is 6.86. The van der Waals surface area contributed by atoms with E-state index in [4.69, 9.17) is 18.6 Å². The number of rotatable bonds is 7. The molecule has 0 aliphatic heterocycles. The topological polar surface area (TPSA) is 52.9 Å². The van der Waals surface area contributed by atoms with Crippen molar-refractivity contribution in [2.24, 2.45) is 0 Å². The summed E-state index contributed by atoms with van der Waals surface area (Å²) in [6.45, 7) is 1.11. The van der Waals surface area contributed by atoms with Gasteiger partial charge in [-0.3, -0.25) is 0 Å². The van der Waals surface area contributed by atoms with Crippen LogP contribution in [-0.2, 0) is 13.2 Å². The zero-order valence-electron chi connectivity index (χ0n) is 11.9. The van der Waals surface area contributed by atoms with Crippen molar-refractivity contribution in [1.82, 2.24) is 5.32 Å². The largest absolute Gasteiger partial charge is 0.496 e. The fraction of sp³-hybridized carbons (Fsp3) is 0.333. The van der Waals surface area contributed by atoms with Crippen molar-refractivity contribution in [3.63, 3.8) is 0 Å². The summed E-state index contributed by atoms with van der Waals surface area (Å²) in [4.78, 5) is 0. The van der Waals surface area contributed by atoms with Crippen LogP contribution in [-0.4, -0.2) is 21.3 Å². The number of methoxy groups -OCH3 is 2. The van der Waals surface area contributed by atoms with Crippen LogP contribution in [0.2, 0.25) is 0 Å². The maximum Gasteiger partial charge on any atom is 0.127 e. The Bertz CT molecular complexity index is 528. The van der Waals surface area contributed by atoms with Gasteiger partial charge in [0.15, 0.2) is 0 Å². The Morgan fingerprint density at radius 2 is 1.70 bits per heavy atom. The molecule has 0 fully saturated rings. The summed E-state index contributed by atoms with van der Waals surface area (Å²) in [5.74, 6) is 2.96. The Kier molecular flexibility index (Phi) is 4.90. The lowest BCUT2D eigenvalue weighted by Gasteiger charge is -2.10. The summed E-state index contributed by atoms with van der Waals surface area (Å²) >= 11 is 0. The monoisotopic (exact) mass is 277 g/mol. The van der Waals surface area contributed by atoms with E-state index in [1.807, 2.05) is 25.2 Å². The van der Waals surface area contributed by atoms with Crippen LogP contribution in [0.4, 0.5) is 0 Å². The molecule has 0 aliphatic rings. The van der Waals surface area contributed by atoms with Crippen LogP contribution in [0.15, 0.2) is 34.9 Å². The van der Waals surface area contributed by atoms with Crippen LogP contribution in [0.3, 0.4) is 0 Å². The van der Waals surface area contributed by atoms with Crippen LogP contribution in [0.5, 0.6) is 17.2 Å². The van der Waals surface area contributed by atoms with Crippen molar-refractivity contribution in [3.05, 3.63) is 41.9 Å². The van der Waals surface area contributed by atoms with E-state index >= 15 is 0 Å². The molecule has 5 nitrogen and oxygen atoms in total. The number of hydrogen-bond acceptors (Lipinski definition) is 5. The Morgan fingerprint density at radius 1 is 1.05 bits per heavy atom. The molecule has 1 aromatic carbocycles. The molecule has 0 radical (unpaired) electrons. The van der Waals surface area contributed by atoms with Gasteiger partial charge in [0.25, 0.3) is 0 Å². The minimum atomic E-state index is 0.434. The molecule has 20 heavy (non-hydrogen) atoms. The average molecular weight is 277 g/mol. The Hall–Kier alpha value is -2.14. The number of benzene rings is 1. The summed E-state index contributed by atoms with van der Waals surface area (Å²) in [5, 5.41) is 3.06. The Balaban J connectivity index is 2.08. The number of ether oxygens (including phenoxy) is 3. The molecule has 0 spiro atoms. The molecule has 0 unspecified atom stereocenters. The lowest BCUT2D eigenvalue weighted by Crippen LogP contribution is -2.07. The maximum atomic E-state index is 5.77. The first-order valence-electron chi connectivity index (χ1n) is 6.32. The van der Waals surface area contributed by atoms with Crippen molar-refractivity contribution in [1.29, 1.82) is 0 Å². The fourth-order valence-electron chi connectivity index (χ4n) is 1.84. The third-order valence-corrected chi connectivity index (χ3v) is 2.89. The first-order chi connectivity index (χ1) is 9.76. The molecule has 0 bridgehead atoms. The zero-order valence-corrected chi connectivity index (χ0v) is 11.9. The lowest BCUT2D eigenvalue weighted by atomic mass is 10.2. The van der Waals surface area contributed by atoms with Gasteiger partial charge in [0.2, 0.25) is 0 Å². The molecule has 0 amide bonds. The first-order valence-corrected chi connectivity index (χ1v) is 6.32. The molecule has 0 atom stereocenters. The molecule has 1 heterocycles. The van der Waals surface area contributed by atoms with Crippen LogP contribution >= 0.6 is 0 Å². The van der Waals surface area contributed by atoms with Gasteiger partial charge in [-0.2, -0.15) is 0 Å². The van der Waals surface area contributed by atoms with E-state index in [-0.39, 0.29) is 0 Å². The summed E-state index contributed by atoms with van der Waals surface area (Å²) < 4.78 is 21.6. The predicted octanol–water partition coefficient (Wildman–Crippen LogP) is 2.60. The number of furan rings is 1. The van der Waals surface area contributed by atoms with Gasteiger partial charge in [0.05, 0.1) is 27.0 Å². The molecule has 108 valence electrons. The van der Waals surface area contributed by atoms with E-state index in [0.29, 0.717) is 30.4 Å². The van der Waals surface area contributed by atoms with E-state index in [1.54, 1.807) is 26.5 Å². The number of nitrogens with one attached hydrogen (secondary N) is 1. The normalized spacial score (nSPS) is 10.3.